The zero-order valence-electron chi connectivity index (χ0n) is 5.56. The molecule has 1 aromatic rings. The largest absolute Gasteiger partial charge is 0.207 e. The van der Waals surface area contributed by atoms with Crippen LogP contribution in [0.4, 0.5) is 10.1 Å². The second-order valence-electron chi connectivity index (χ2n) is 2.04. The van der Waals surface area contributed by atoms with Crippen LogP contribution in [0, 0.1) is 18.3 Å². The van der Waals surface area contributed by atoms with E-state index in [-0.39, 0.29) is 5.82 Å². The van der Waals surface area contributed by atoms with Crippen LogP contribution in [-0.4, -0.2) is 0 Å². The van der Waals surface area contributed by atoms with Gasteiger partial charge >= 0.3 is 0 Å². The van der Waals surface area contributed by atoms with Gasteiger partial charge in [-0.2, -0.15) is 5.11 Å². The van der Waals surface area contributed by atoms with Gasteiger partial charge in [-0.3, -0.25) is 0 Å². The molecule has 1 rings (SSSR count). The minimum Gasteiger partial charge on any atom is -0.207 e. The van der Waals surface area contributed by atoms with Crippen LogP contribution in [0.25, 0.3) is 0 Å². The van der Waals surface area contributed by atoms with Gasteiger partial charge in [-0.1, -0.05) is 6.07 Å². The molecule has 0 bridgehead atoms. The Labute approximate surface area is 58.2 Å². The van der Waals surface area contributed by atoms with Gasteiger partial charge in [-0.15, -0.1) is 0 Å². The molecule has 3 heteroatoms. The van der Waals surface area contributed by atoms with Gasteiger partial charge in [0.2, 0.25) is 0 Å². The van der Waals surface area contributed by atoms with Gasteiger partial charge in [0.15, 0.2) is 0 Å². The Bertz CT molecular complexity index is 258. The molecule has 0 fully saturated rings. The van der Waals surface area contributed by atoms with Crippen LogP contribution in [0.15, 0.2) is 23.3 Å². The van der Waals surface area contributed by atoms with E-state index in [4.69, 9.17) is 5.53 Å². The van der Waals surface area contributed by atoms with Crippen LogP contribution in [0.2, 0.25) is 0 Å². The Morgan fingerprint density at radius 1 is 1.50 bits per heavy atom. The van der Waals surface area contributed by atoms with E-state index >= 15 is 0 Å². The SMILES string of the molecule is Cc1ccc(F)cc1N=N. The molecule has 0 spiro atoms. The highest BCUT2D eigenvalue weighted by molar-refractivity contribution is 5.44. The van der Waals surface area contributed by atoms with Crippen molar-refractivity contribution in [1.29, 1.82) is 5.53 Å². The molecule has 2 nitrogen and oxygen atoms in total. The number of nitrogens with one attached hydrogen (secondary N) is 1. The van der Waals surface area contributed by atoms with Gasteiger partial charge in [0, 0.05) is 6.07 Å². The van der Waals surface area contributed by atoms with Crippen LogP contribution < -0.4 is 0 Å². The number of halogens is 1. The molecular weight excluding hydrogens is 131 g/mol. The first-order valence-corrected chi connectivity index (χ1v) is 2.87. The van der Waals surface area contributed by atoms with Crippen molar-refractivity contribution in [3.63, 3.8) is 0 Å². The van der Waals surface area contributed by atoms with E-state index in [1.165, 1.54) is 12.1 Å². The molecule has 0 aliphatic rings. The lowest BCUT2D eigenvalue weighted by molar-refractivity contribution is 0.627. The lowest BCUT2D eigenvalue weighted by atomic mass is 10.2. The Morgan fingerprint density at radius 2 is 2.20 bits per heavy atom. The topological polar surface area (TPSA) is 36.2 Å². The third-order valence-corrected chi connectivity index (χ3v) is 1.29. The Balaban J connectivity index is 3.21. The van der Waals surface area contributed by atoms with E-state index in [9.17, 15) is 4.39 Å². The summed E-state index contributed by atoms with van der Waals surface area (Å²) in [5.41, 5.74) is 7.84. The van der Waals surface area contributed by atoms with Gasteiger partial charge < -0.3 is 0 Å². The summed E-state index contributed by atoms with van der Waals surface area (Å²) in [6.07, 6.45) is 0. The van der Waals surface area contributed by atoms with E-state index in [0.29, 0.717) is 5.69 Å². The van der Waals surface area contributed by atoms with Gasteiger partial charge in [-0.05, 0) is 18.6 Å². The van der Waals surface area contributed by atoms with Gasteiger partial charge in [-0.25, -0.2) is 9.92 Å². The summed E-state index contributed by atoms with van der Waals surface area (Å²) < 4.78 is 12.4. The van der Waals surface area contributed by atoms with Crippen LogP contribution in [0.1, 0.15) is 5.56 Å². The molecule has 0 amide bonds. The van der Waals surface area contributed by atoms with Crippen LogP contribution >= 0.6 is 0 Å². The number of hydrogen-bond donors (Lipinski definition) is 1. The zero-order chi connectivity index (χ0) is 7.56. The van der Waals surface area contributed by atoms with E-state index in [1.54, 1.807) is 13.0 Å². The van der Waals surface area contributed by atoms with E-state index < -0.39 is 0 Å². The van der Waals surface area contributed by atoms with Crippen molar-refractivity contribution < 1.29 is 4.39 Å². The fraction of sp³-hybridized carbons (Fsp3) is 0.143. The second kappa shape index (κ2) is 2.56. The molecule has 52 valence electrons. The molecule has 0 radical (unpaired) electrons. The average molecular weight is 138 g/mol. The van der Waals surface area contributed by atoms with Crippen molar-refractivity contribution in [3.8, 4) is 0 Å². The summed E-state index contributed by atoms with van der Waals surface area (Å²) in [5, 5.41) is 3.14. The van der Waals surface area contributed by atoms with Gasteiger partial charge in [0.25, 0.3) is 0 Å². The van der Waals surface area contributed by atoms with Gasteiger partial charge in [0.1, 0.15) is 5.82 Å². The maximum absolute atomic E-state index is 12.4. The molecule has 10 heavy (non-hydrogen) atoms. The number of hydrogen-bond acceptors (Lipinski definition) is 2. The Morgan fingerprint density at radius 3 is 2.70 bits per heavy atom. The first-order valence-electron chi connectivity index (χ1n) is 2.87. The number of nitrogens with zero attached hydrogens (tertiary/aromatic N) is 1. The van der Waals surface area contributed by atoms with Crippen molar-refractivity contribution >= 4 is 5.69 Å². The third kappa shape index (κ3) is 1.18. The van der Waals surface area contributed by atoms with Crippen molar-refractivity contribution in [2.45, 2.75) is 6.92 Å². The first-order chi connectivity index (χ1) is 4.74. The monoisotopic (exact) mass is 138 g/mol. The summed E-state index contributed by atoms with van der Waals surface area (Å²) in [5.74, 6) is -0.350. The van der Waals surface area contributed by atoms with E-state index in [2.05, 4.69) is 5.11 Å². The minimum atomic E-state index is -0.350. The van der Waals surface area contributed by atoms with Crippen LogP contribution in [-0.2, 0) is 0 Å². The maximum atomic E-state index is 12.4. The van der Waals surface area contributed by atoms with Crippen molar-refractivity contribution in [1.82, 2.24) is 0 Å². The number of benzene rings is 1. The molecule has 0 heterocycles. The number of aryl methyl sites for hydroxylation is 1. The molecule has 0 saturated carbocycles. The molecule has 0 aliphatic heterocycles. The normalized spacial score (nSPS) is 9.40. The highest BCUT2D eigenvalue weighted by atomic mass is 19.1. The van der Waals surface area contributed by atoms with Gasteiger partial charge in [0.05, 0.1) is 5.69 Å². The highest BCUT2D eigenvalue weighted by Crippen LogP contribution is 2.18. The highest BCUT2D eigenvalue weighted by Gasteiger charge is 1.96. The molecule has 0 saturated heterocycles. The standard InChI is InChI=1S/C7H7FN2/c1-5-2-3-6(8)4-7(5)10-9/h2-4,9H,1H3. The quantitative estimate of drug-likeness (QED) is 0.579. The fourth-order valence-electron chi connectivity index (χ4n) is 0.703. The average Bonchev–Trinajstić information content (AvgIpc) is 1.94. The molecule has 1 N–H and O–H groups in total. The van der Waals surface area contributed by atoms with Crippen LogP contribution in [0.5, 0.6) is 0 Å². The lowest BCUT2D eigenvalue weighted by Gasteiger charge is -1.95. The predicted octanol–water partition coefficient (Wildman–Crippen LogP) is 2.80. The number of rotatable bonds is 1. The smallest absolute Gasteiger partial charge is 0.125 e. The predicted molar refractivity (Wildman–Crippen MR) is 35.9 cm³/mol. The molecule has 0 aliphatic carbocycles. The fourth-order valence-corrected chi connectivity index (χ4v) is 0.703. The van der Waals surface area contributed by atoms with E-state index in [1.807, 2.05) is 0 Å². The van der Waals surface area contributed by atoms with Crippen molar-refractivity contribution in [3.05, 3.63) is 29.6 Å². The maximum Gasteiger partial charge on any atom is 0.125 e. The summed E-state index contributed by atoms with van der Waals surface area (Å²) in [6, 6.07) is 4.19. The molecule has 0 unspecified atom stereocenters. The molecule has 1 aromatic carbocycles. The lowest BCUT2D eigenvalue weighted by Crippen LogP contribution is -1.75. The summed E-state index contributed by atoms with van der Waals surface area (Å²) in [6.45, 7) is 1.78. The summed E-state index contributed by atoms with van der Waals surface area (Å²) in [4.78, 5) is 0. The summed E-state index contributed by atoms with van der Waals surface area (Å²) >= 11 is 0. The Hall–Kier alpha value is -1.25. The third-order valence-electron chi connectivity index (χ3n) is 1.29. The first kappa shape index (κ1) is 6.86. The molecule has 0 aromatic heterocycles. The minimum absolute atomic E-state index is 0.350. The Kier molecular flexibility index (Phi) is 1.76. The van der Waals surface area contributed by atoms with E-state index in [0.717, 1.165) is 5.56 Å². The molecule has 0 atom stereocenters. The zero-order valence-corrected chi connectivity index (χ0v) is 5.56. The summed E-state index contributed by atoms with van der Waals surface area (Å²) in [7, 11) is 0. The molecular formula is C7H7FN2. The van der Waals surface area contributed by atoms with Crippen molar-refractivity contribution in [2.75, 3.05) is 0 Å². The van der Waals surface area contributed by atoms with Crippen molar-refractivity contribution in [2.24, 2.45) is 5.11 Å². The van der Waals surface area contributed by atoms with Crippen LogP contribution in [0.3, 0.4) is 0 Å². The second-order valence-corrected chi connectivity index (χ2v) is 2.04.